The van der Waals surface area contributed by atoms with Crippen LogP contribution in [0.15, 0.2) is 46.6 Å². The summed E-state index contributed by atoms with van der Waals surface area (Å²) < 4.78 is 23.8. The lowest BCUT2D eigenvalue weighted by molar-refractivity contribution is -0.118. The van der Waals surface area contributed by atoms with Crippen LogP contribution in [0.2, 0.25) is 5.02 Å². The Morgan fingerprint density at radius 1 is 1.19 bits per heavy atom. The van der Waals surface area contributed by atoms with Crippen molar-refractivity contribution in [2.45, 2.75) is 56.4 Å². The molecule has 0 bridgehead atoms. The van der Waals surface area contributed by atoms with Crippen molar-refractivity contribution in [2.75, 3.05) is 11.2 Å². The summed E-state index contributed by atoms with van der Waals surface area (Å²) in [4.78, 5) is 29.8. The van der Waals surface area contributed by atoms with E-state index in [1.165, 1.54) is 17.0 Å². The van der Waals surface area contributed by atoms with Crippen LogP contribution in [-0.2, 0) is 14.6 Å². The molecule has 1 aromatic heterocycles. The number of nitroso groups, excluding NO2 is 1. The number of hydrogen-bond acceptors (Lipinski definition) is 6. The van der Waals surface area contributed by atoms with Crippen LogP contribution in [0.5, 0.6) is 0 Å². The second kappa shape index (κ2) is 9.87. The maximum atomic E-state index is 13.2. The summed E-state index contributed by atoms with van der Waals surface area (Å²) in [5.41, 5.74) is 1.43. The van der Waals surface area contributed by atoms with Crippen LogP contribution < -0.4 is 4.90 Å². The highest BCUT2D eigenvalue weighted by molar-refractivity contribution is 7.90. The molecule has 166 valence electrons. The van der Waals surface area contributed by atoms with Crippen LogP contribution in [0.1, 0.15) is 44.1 Å². The van der Waals surface area contributed by atoms with Gasteiger partial charge in [-0.15, -0.1) is 0 Å². The lowest BCUT2D eigenvalue weighted by Crippen LogP contribution is -2.28. The maximum absolute atomic E-state index is 13.2. The van der Waals surface area contributed by atoms with Gasteiger partial charge in [-0.3, -0.25) is 9.69 Å². The number of aryl methyl sites for hydroxylation is 1. The third kappa shape index (κ3) is 5.89. The second-order valence-electron chi connectivity index (χ2n) is 8.13. The number of carbonyl (C=O) groups excluding carboxylic acids is 1. The third-order valence-electron chi connectivity index (χ3n) is 5.68. The molecule has 0 atom stereocenters. The molecular weight excluding hydrogens is 438 g/mol. The topological polar surface area (TPSA) is 96.8 Å². The molecule has 1 saturated carbocycles. The molecule has 0 aliphatic heterocycles. The Hall–Kier alpha value is -2.32. The monoisotopic (exact) mass is 463 g/mol. The van der Waals surface area contributed by atoms with E-state index < -0.39 is 9.84 Å². The first-order valence-electron chi connectivity index (χ1n) is 10.3. The standard InChI is InChI=1S/C22H26ClN3O4S/c1-15-3-11-21(24-14-15)26(18-9-10-20(19(23)13-18)31(2,29)30)22(27)12-6-16-4-7-17(25-28)8-5-16/h3,9-11,13-14,16-17H,4-8,12H2,1-2H3. The van der Waals surface area contributed by atoms with Crippen LogP contribution in [0.25, 0.3) is 0 Å². The first-order valence-corrected chi connectivity index (χ1v) is 12.5. The molecule has 9 heteroatoms. The molecule has 1 amide bonds. The van der Waals surface area contributed by atoms with E-state index in [9.17, 15) is 18.1 Å². The predicted octanol–water partition coefficient (Wildman–Crippen LogP) is 5.22. The Kier molecular flexibility index (Phi) is 7.43. The number of pyridine rings is 1. The molecule has 3 rings (SSSR count). The molecule has 1 fully saturated rings. The summed E-state index contributed by atoms with van der Waals surface area (Å²) in [7, 11) is -3.48. The largest absolute Gasteiger partial charge is 0.274 e. The number of nitrogens with zero attached hydrogens (tertiary/aromatic N) is 3. The van der Waals surface area contributed by atoms with Gasteiger partial charge in [-0.2, -0.15) is 4.91 Å². The number of anilines is 2. The van der Waals surface area contributed by atoms with Gasteiger partial charge in [0.15, 0.2) is 9.84 Å². The molecule has 7 nitrogen and oxygen atoms in total. The molecule has 1 aliphatic carbocycles. The quantitative estimate of drug-likeness (QED) is 0.524. The highest BCUT2D eigenvalue weighted by Gasteiger charge is 2.25. The van der Waals surface area contributed by atoms with Gasteiger partial charge in [0.2, 0.25) is 5.91 Å². The van der Waals surface area contributed by atoms with Crippen LogP contribution >= 0.6 is 11.6 Å². The fraction of sp³-hybridized carbons (Fsp3) is 0.455. The smallest absolute Gasteiger partial charge is 0.232 e. The first-order chi connectivity index (χ1) is 14.7. The minimum Gasteiger partial charge on any atom is -0.274 e. The average Bonchev–Trinajstić information content (AvgIpc) is 2.73. The summed E-state index contributed by atoms with van der Waals surface area (Å²) in [5, 5.41) is 3.20. The van der Waals surface area contributed by atoms with Crippen LogP contribution in [0, 0.1) is 17.7 Å². The number of carbonyl (C=O) groups is 1. The van der Waals surface area contributed by atoms with Gasteiger partial charge in [-0.1, -0.05) is 22.8 Å². The van der Waals surface area contributed by atoms with E-state index in [4.69, 9.17) is 11.6 Å². The van der Waals surface area contributed by atoms with Crippen molar-refractivity contribution in [1.82, 2.24) is 4.98 Å². The summed E-state index contributed by atoms with van der Waals surface area (Å²) in [6, 6.07) is 7.99. The number of benzene rings is 1. The van der Waals surface area contributed by atoms with E-state index in [1.807, 2.05) is 13.0 Å². The molecule has 31 heavy (non-hydrogen) atoms. The van der Waals surface area contributed by atoms with E-state index in [1.54, 1.807) is 18.3 Å². The lowest BCUT2D eigenvalue weighted by atomic mass is 9.83. The fourth-order valence-electron chi connectivity index (χ4n) is 3.90. The number of halogens is 1. The Morgan fingerprint density at radius 3 is 2.45 bits per heavy atom. The predicted molar refractivity (Wildman–Crippen MR) is 121 cm³/mol. The van der Waals surface area contributed by atoms with Gasteiger partial charge in [0.1, 0.15) is 5.82 Å². The SMILES string of the molecule is Cc1ccc(N(C(=O)CCC2CCC(N=O)CC2)c2ccc(S(C)(=O)=O)c(Cl)c2)nc1. The van der Waals surface area contributed by atoms with Gasteiger partial charge in [-0.25, -0.2) is 13.4 Å². The molecule has 2 aromatic rings. The van der Waals surface area contributed by atoms with Crippen molar-refractivity contribution in [3.8, 4) is 0 Å². The highest BCUT2D eigenvalue weighted by atomic mass is 35.5. The zero-order chi connectivity index (χ0) is 22.6. The normalized spacial score (nSPS) is 19.1. The molecule has 0 saturated heterocycles. The minimum atomic E-state index is -3.48. The second-order valence-corrected chi connectivity index (χ2v) is 10.5. The summed E-state index contributed by atoms with van der Waals surface area (Å²) in [5.74, 6) is 0.689. The zero-order valence-corrected chi connectivity index (χ0v) is 19.2. The summed E-state index contributed by atoms with van der Waals surface area (Å²) in [6.07, 6.45) is 7.11. The number of hydrogen-bond donors (Lipinski definition) is 0. The van der Waals surface area contributed by atoms with Crippen LogP contribution in [0.3, 0.4) is 0 Å². The molecule has 0 radical (unpaired) electrons. The van der Waals surface area contributed by atoms with E-state index in [-0.39, 0.29) is 21.9 Å². The van der Waals surface area contributed by atoms with Gasteiger partial charge in [0, 0.05) is 18.9 Å². The van der Waals surface area contributed by atoms with E-state index in [0.29, 0.717) is 30.3 Å². The Labute approximate surface area is 187 Å². The highest BCUT2D eigenvalue weighted by Crippen LogP contribution is 2.33. The number of rotatable bonds is 7. The Balaban J connectivity index is 1.83. The molecule has 0 unspecified atom stereocenters. The Morgan fingerprint density at radius 2 is 1.90 bits per heavy atom. The van der Waals surface area contributed by atoms with Gasteiger partial charge >= 0.3 is 0 Å². The van der Waals surface area contributed by atoms with Crippen molar-refractivity contribution >= 4 is 38.9 Å². The third-order valence-corrected chi connectivity index (χ3v) is 7.26. The van der Waals surface area contributed by atoms with Crippen molar-refractivity contribution in [1.29, 1.82) is 0 Å². The van der Waals surface area contributed by atoms with Crippen molar-refractivity contribution in [3.63, 3.8) is 0 Å². The zero-order valence-electron chi connectivity index (χ0n) is 17.6. The number of amides is 1. The van der Waals surface area contributed by atoms with Crippen molar-refractivity contribution in [3.05, 3.63) is 52.0 Å². The summed E-state index contributed by atoms with van der Waals surface area (Å²) >= 11 is 6.23. The molecular formula is C22H26ClN3O4S. The molecule has 1 heterocycles. The van der Waals surface area contributed by atoms with Crippen LogP contribution in [-0.4, -0.2) is 31.6 Å². The minimum absolute atomic E-state index is 0.0164. The van der Waals surface area contributed by atoms with E-state index in [2.05, 4.69) is 10.2 Å². The first kappa shape index (κ1) is 23.3. The van der Waals surface area contributed by atoms with E-state index >= 15 is 0 Å². The average molecular weight is 464 g/mol. The van der Waals surface area contributed by atoms with Gasteiger partial charge in [-0.05, 0) is 74.8 Å². The van der Waals surface area contributed by atoms with Gasteiger partial charge in [0.25, 0.3) is 0 Å². The maximum Gasteiger partial charge on any atom is 0.232 e. The fourth-order valence-corrected chi connectivity index (χ4v) is 5.23. The Bertz CT molecular complexity index is 1050. The lowest BCUT2D eigenvalue weighted by Gasteiger charge is -2.26. The van der Waals surface area contributed by atoms with Crippen molar-refractivity contribution in [2.24, 2.45) is 11.1 Å². The molecule has 0 N–H and O–H groups in total. The molecule has 0 spiro atoms. The molecule has 1 aromatic carbocycles. The van der Waals surface area contributed by atoms with Crippen molar-refractivity contribution < 1.29 is 13.2 Å². The van der Waals surface area contributed by atoms with Gasteiger partial charge < -0.3 is 0 Å². The molecule has 1 aliphatic rings. The van der Waals surface area contributed by atoms with Gasteiger partial charge in [0.05, 0.1) is 21.6 Å². The van der Waals surface area contributed by atoms with Crippen LogP contribution in [0.4, 0.5) is 11.5 Å². The van der Waals surface area contributed by atoms with E-state index in [0.717, 1.165) is 37.5 Å². The number of aromatic nitrogens is 1. The number of sulfone groups is 1. The summed E-state index contributed by atoms with van der Waals surface area (Å²) in [6.45, 7) is 1.91.